The summed E-state index contributed by atoms with van der Waals surface area (Å²) in [5.41, 5.74) is 6.42. The van der Waals surface area contributed by atoms with E-state index in [9.17, 15) is 4.39 Å². The van der Waals surface area contributed by atoms with Crippen molar-refractivity contribution in [1.29, 1.82) is 0 Å². The van der Waals surface area contributed by atoms with E-state index in [0.29, 0.717) is 16.5 Å². The lowest BCUT2D eigenvalue weighted by Crippen LogP contribution is -2.04. The van der Waals surface area contributed by atoms with Gasteiger partial charge in [0.05, 0.1) is 13.7 Å². The first-order chi connectivity index (χ1) is 9.20. The molecule has 2 heterocycles. The van der Waals surface area contributed by atoms with Crippen molar-refractivity contribution >= 4 is 16.8 Å². The molecule has 0 aliphatic rings. The van der Waals surface area contributed by atoms with Gasteiger partial charge in [-0.05, 0) is 12.1 Å². The van der Waals surface area contributed by atoms with E-state index in [4.69, 9.17) is 15.0 Å². The topological polar surface area (TPSA) is 79.1 Å². The lowest BCUT2D eigenvalue weighted by Gasteiger charge is -2.08. The maximum absolute atomic E-state index is 14.4. The first-order valence-corrected chi connectivity index (χ1v) is 5.58. The van der Waals surface area contributed by atoms with Crippen LogP contribution in [0.5, 0.6) is 5.75 Å². The summed E-state index contributed by atoms with van der Waals surface area (Å²) in [5, 5.41) is 8.00. The van der Waals surface area contributed by atoms with Crippen LogP contribution in [0.4, 0.5) is 10.2 Å². The van der Waals surface area contributed by atoms with Crippen molar-refractivity contribution < 1.29 is 13.7 Å². The highest BCUT2D eigenvalue weighted by Crippen LogP contribution is 2.35. The van der Waals surface area contributed by atoms with Gasteiger partial charge in [0.1, 0.15) is 5.39 Å². The fourth-order valence-electron chi connectivity index (χ4n) is 2.00. The van der Waals surface area contributed by atoms with Gasteiger partial charge in [-0.2, -0.15) is 5.10 Å². The molecule has 2 aromatic heterocycles. The lowest BCUT2D eigenvalue weighted by atomic mass is 10.1. The van der Waals surface area contributed by atoms with Crippen molar-refractivity contribution in [2.75, 3.05) is 12.8 Å². The molecule has 0 radical (unpaired) electrons. The number of nitrogens with two attached hydrogens (primary N) is 1. The van der Waals surface area contributed by atoms with Gasteiger partial charge >= 0.3 is 0 Å². The van der Waals surface area contributed by atoms with Crippen LogP contribution in [0.1, 0.15) is 5.56 Å². The molecule has 6 nitrogen and oxygen atoms in total. The molecule has 0 bridgehead atoms. The molecule has 19 heavy (non-hydrogen) atoms. The van der Waals surface area contributed by atoms with Crippen LogP contribution in [0.3, 0.4) is 0 Å². The van der Waals surface area contributed by atoms with Crippen LogP contribution in [0, 0.1) is 5.82 Å². The fourth-order valence-corrected chi connectivity index (χ4v) is 2.00. The Kier molecular flexibility index (Phi) is 2.59. The van der Waals surface area contributed by atoms with Crippen molar-refractivity contribution in [3.8, 4) is 5.75 Å². The molecule has 0 saturated carbocycles. The van der Waals surface area contributed by atoms with Crippen LogP contribution in [-0.2, 0) is 6.54 Å². The van der Waals surface area contributed by atoms with Crippen LogP contribution in [-0.4, -0.2) is 22.0 Å². The molecular formula is C12H11FN4O2. The van der Waals surface area contributed by atoms with E-state index >= 15 is 0 Å². The van der Waals surface area contributed by atoms with Crippen LogP contribution >= 0.6 is 0 Å². The standard InChI is InChI=1S/C12H11FN4O2/c1-18-11-9-8(19-16-12(9)14)5-7(10(11)13)6-17-4-2-3-15-17/h2-5H,6H2,1H3,(H2,14,16). The number of nitrogens with zero attached hydrogens (tertiary/aromatic N) is 3. The van der Waals surface area contributed by atoms with E-state index in [2.05, 4.69) is 10.3 Å². The Balaban J connectivity index is 2.17. The molecule has 0 spiro atoms. The first kappa shape index (κ1) is 11.5. The van der Waals surface area contributed by atoms with Crippen LogP contribution in [0.25, 0.3) is 11.0 Å². The zero-order chi connectivity index (χ0) is 13.4. The van der Waals surface area contributed by atoms with Crippen LogP contribution in [0.15, 0.2) is 29.0 Å². The number of anilines is 1. The third-order valence-electron chi connectivity index (χ3n) is 2.85. The monoisotopic (exact) mass is 262 g/mol. The van der Waals surface area contributed by atoms with E-state index in [1.807, 2.05) is 0 Å². The Labute approximate surface area is 107 Å². The summed E-state index contributed by atoms with van der Waals surface area (Å²) in [7, 11) is 1.38. The maximum Gasteiger partial charge on any atom is 0.178 e. The number of ether oxygens (including phenoxy) is 1. The minimum Gasteiger partial charge on any atom is -0.493 e. The molecular weight excluding hydrogens is 251 g/mol. The number of hydrogen-bond acceptors (Lipinski definition) is 5. The second-order valence-corrected chi connectivity index (χ2v) is 4.03. The third kappa shape index (κ3) is 1.79. The van der Waals surface area contributed by atoms with Gasteiger partial charge in [0.15, 0.2) is 23.0 Å². The van der Waals surface area contributed by atoms with Crippen LogP contribution < -0.4 is 10.5 Å². The summed E-state index contributed by atoms with van der Waals surface area (Å²) < 4.78 is 26.1. The van der Waals surface area contributed by atoms with Gasteiger partial charge in [-0.1, -0.05) is 5.16 Å². The number of halogens is 1. The predicted molar refractivity (Wildman–Crippen MR) is 66.3 cm³/mol. The summed E-state index contributed by atoms with van der Waals surface area (Å²) in [6, 6.07) is 3.32. The van der Waals surface area contributed by atoms with E-state index in [1.165, 1.54) is 7.11 Å². The molecule has 2 N–H and O–H groups in total. The van der Waals surface area contributed by atoms with Gasteiger partial charge in [-0.3, -0.25) is 4.68 Å². The number of fused-ring (bicyclic) bond motifs is 1. The summed E-state index contributed by atoms with van der Waals surface area (Å²) in [5.74, 6) is -0.338. The largest absolute Gasteiger partial charge is 0.493 e. The van der Waals surface area contributed by atoms with Gasteiger partial charge in [0.25, 0.3) is 0 Å². The Bertz CT molecular complexity index is 721. The van der Waals surface area contributed by atoms with Gasteiger partial charge in [0, 0.05) is 18.0 Å². The van der Waals surface area contributed by atoms with Gasteiger partial charge in [0.2, 0.25) is 0 Å². The highest BCUT2D eigenvalue weighted by Gasteiger charge is 2.20. The number of nitrogen functional groups attached to an aromatic ring is 1. The summed E-state index contributed by atoms with van der Waals surface area (Å²) >= 11 is 0. The molecule has 0 atom stereocenters. The van der Waals surface area contributed by atoms with E-state index in [1.54, 1.807) is 29.2 Å². The molecule has 0 amide bonds. The van der Waals surface area contributed by atoms with Crippen molar-refractivity contribution in [3.05, 3.63) is 35.9 Å². The third-order valence-corrected chi connectivity index (χ3v) is 2.85. The van der Waals surface area contributed by atoms with Crippen LogP contribution in [0.2, 0.25) is 0 Å². The molecule has 98 valence electrons. The van der Waals surface area contributed by atoms with Crippen molar-refractivity contribution in [1.82, 2.24) is 14.9 Å². The average Bonchev–Trinajstić information content (AvgIpc) is 3.02. The predicted octanol–water partition coefficient (Wildman–Crippen LogP) is 1.80. The number of methoxy groups -OCH3 is 1. The van der Waals surface area contributed by atoms with Gasteiger partial charge in [-0.15, -0.1) is 0 Å². The van der Waals surface area contributed by atoms with Crippen molar-refractivity contribution in [3.63, 3.8) is 0 Å². The van der Waals surface area contributed by atoms with Crippen molar-refractivity contribution in [2.45, 2.75) is 6.54 Å². The molecule has 0 aliphatic heterocycles. The maximum atomic E-state index is 14.4. The number of rotatable bonds is 3. The summed E-state index contributed by atoms with van der Waals surface area (Å²) in [6.45, 7) is 0.270. The van der Waals surface area contributed by atoms with Crippen molar-refractivity contribution in [2.24, 2.45) is 0 Å². The second kappa shape index (κ2) is 4.27. The SMILES string of the molecule is COc1c(F)c(Cn2cccn2)cc2onc(N)c12. The fraction of sp³-hybridized carbons (Fsp3) is 0.167. The normalized spacial score (nSPS) is 11.1. The molecule has 3 aromatic rings. The summed E-state index contributed by atoms with van der Waals surface area (Å²) in [4.78, 5) is 0. The minimum atomic E-state index is -0.486. The van der Waals surface area contributed by atoms with Gasteiger partial charge < -0.3 is 15.0 Å². The molecule has 0 fully saturated rings. The highest BCUT2D eigenvalue weighted by atomic mass is 19.1. The number of benzene rings is 1. The van der Waals surface area contributed by atoms with E-state index in [0.717, 1.165) is 0 Å². The zero-order valence-electron chi connectivity index (χ0n) is 10.1. The minimum absolute atomic E-state index is 0.0402. The summed E-state index contributed by atoms with van der Waals surface area (Å²) in [6.07, 6.45) is 3.37. The smallest absolute Gasteiger partial charge is 0.178 e. The molecule has 3 rings (SSSR count). The Morgan fingerprint density at radius 3 is 3.05 bits per heavy atom. The molecule has 0 saturated heterocycles. The van der Waals surface area contributed by atoms with E-state index < -0.39 is 5.82 Å². The zero-order valence-corrected chi connectivity index (χ0v) is 10.1. The van der Waals surface area contributed by atoms with E-state index in [-0.39, 0.29) is 18.1 Å². The molecule has 7 heteroatoms. The quantitative estimate of drug-likeness (QED) is 0.778. The Morgan fingerprint density at radius 1 is 1.53 bits per heavy atom. The lowest BCUT2D eigenvalue weighted by molar-refractivity contribution is 0.388. The molecule has 0 unspecified atom stereocenters. The average molecular weight is 262 g/mol. The Morgan fingerprint density at radius 2 is 2.37 bits per heavy atom. The number of hydrogen-bond donors (Lipinski definition) is 1. The number of aromatic nitrogens is 3. The Hall–Kier alpha value is -2.57. The highest BCUT2D eigenvalue weighted by molar-refractivity contribution is 5.93. The first-order valence-electron chi connectivity index (χ1n) is 5.58. The second-order valence-electron chi connectivity index (χ2n) is 4.03. The molecule has 0 aliphatic carbocycles. The van der Waals surface area contributed by atoms with Gasteiger partial charge in [-0.25, -0.2) is 4.39 Å². The molecule has 1 aromatic carbocycles.